The summed E-state index contributed by atoms with van der Waals surface area (Å²) in [4.78, 5) is 24.6. The number of anilines is 3. The predicted molar refractivity (Wildman–Crippen MR) is 116 cm³/mol. The SMILES string of the molecule is C=CC(N)=Nc1cccc(Nc2nc(NC3=CC=CCC=C3)ncc2C(N)=O)c1. The Balaban J connectivity index is 1.90. The Morgan fingerprint density at radius 1 is 1.24 bits per heavy atom. The lowest BCUT2D eigenvalue weighted by Crippen LogP contribution is -2.16. The van der Waals surface area contributed by atoms with Crippen LogP contribution in [-0.4, -0.2) is 21.7 Å². The van der Waals surface area contributed by atoms with E-state index in [0.717, 1.165) is 12.1 Å². The molecule has 0 unspecified atom stereocenters. The van der Waals surface area contributed by atoms with Crippen LogP contribution in [0.1, 0.15) is 16.8 Å². The maximum absolute atomic E-state index is 11.8. The highest BCUT2D eigenvalue weighted by Crippen LogP contribution is 2.24. The number of nitrogens with one attached hydrogen (secondary N) is 2. The average Bonchev–Trinajstić information content (AvgIpc) is 2.97. The van der Waals surface area contributed by atoms with Crippen molar-refractivity contribution in [2.24, 2.45) is 16.5 Å². The zero-order chi connectivity index (χ0) is 20.6. The average molecular weight is 387 g/mol. The van der Waals surface area contributed by atoms with E-state index in [-0.39, 0.29) is 11.4 Å². The molecule has 0 spiro atoms. The quantitative estimate of drug-likeness (QED) is 0.426. The second-order valence-corrected chi connectivity index (χ2v) is 6.05. The van der Waals surface area contributed by atoms with Crippen molar-refractivity contribution in [1.29, 1.82) is 0 Å². The van der Waals surface area contributed by atoms with Gasteiger partial charge in [0.1, 0.15) is 17.2 Å². The van der Waals surface area contributed by atoms with Crippen molar-refractivity contribution in [2.45, 2.75) is 6.42 Å². The van der Waals surface area contributed by atoms with Crippen LogP contribution in [0, 0.1) is 0 Å². The number of primary amides is 1. The summed E-state index contributed by atoms with van der Waals surface area (Å²) in [6.45, 7) is 3.58. The van der Waals surface area contributed by atoms with Crippen LogP contribution < -0.4 is 22.1 Å². The zero-order valence-corrected chi connectivity index (χ0v) is 15.7. The zero-order valence-electron chi connectivity index (χ0n) is 15.7. The first-order chi connectivity index (χ1) is 14.0. The Morgan fingerprint density at radius 3 is 2.90 bits per heavy atom. The largest absolute Gasteiger partial charge is 0.384 e. The number of amides is 1. The molecule has 1 aliphatic carbocycles. The van der Waals surface area contributed by atoms with E-state index in [1.807, 2.05) is 36.4 Å². The molecule has 3 rings (SSSR count). The first-order valence-corrected chi connectivity index (χ1v) is 8.86. The van der Waals surface area contributed by atoms with E-state index in [2.05, 4.69) is 32.2 Å². The van der Waals surface area contributed by atoms with Crippen molar-refractivity contribution >= 4 is 34.9 Å². The van der Waals surface area contributed by atoms with Gasteiger partial charge in [0.2, 0.25) is 5.95 Å². The Kier molecular flexibility index (Phi) is 6.16. The molecule has 146 valence electrons. The van der Waals surface area contributed by atoms with Gasteiger partial charge in [-0.3, -0.25) is 4.79 Å². The maximum Gasteiger partial charge on any atom is 0.254 e. The minimum absolute atomic E-state index is 0.167. The number of hydrogen-bond donors (Lipinski definition) is 4. The molecule has 1 aliphatic rings. The molecule has 1 amide bonds. The monoisotopic (exact) mass is 387 g/mol. The van der Waals surface area contributed by atoms with Gasteiger partial charge in [-0.2, -0.15) is 4.98 Å². The van der Waals surface area contributed by atoms with E-state index in [4.69, 9.17) is 11.5 Å². The highest BCUT2D eigenvalue weighted by Gasteiger charge is 2.13. The van der Waals surface area contributed by atoms with Gasteiger partial charge >= 0.3 is 0 Å². The van der Waals surface area contributed by atoms with Crippen LogP contribution in [0.4, 0.5) is 23.1 Å². The summed E-state index contributed by atoms with van der Waals surface area (Å²) >= 11 is 0. The van der Waals surface area contributed by atoms with Gasteiger partial charge in [0.15, 0.2) is 0 Å². The number of aliphatic imine (C=N–C) groups is 1. The summed E-state index contributed by atoms with van der Waals surface area (Å²) in [6, 6.07) is 7.17. The Labute approximate surface area is 168 Å². The molecular weight excluding hydrogens is 366 g/mol. The molecule has 0 saturated carbocycles. The third-order valence-electron chi connectivity index (χ3n) is 3.87. The minimum Gasteiger partial charge on any atom is -0.384 e. The van der Waals surface area contributed by atoms with Crippen molar-refractivity contribution in [2.75, 3.05) is 10.6 Å². The number of allylic oxidation sites excluding steroid dienone is 5. The summed E-state index contributed by atoms with van der Waals surface area (Å²) in [5.74, 6) is 0.267. The van der Waals surface area contributed by atoms with Gasteiger partial charge in [-0.15, -0.1) is 0 Å². The number of hydrogen-bond acceptors (Lipinski definition) is 6. The molecule has 0 radical (unpaired) electrons. The molecule has 0 saturated heterocycles. The third-order valence-corrected chi connectivity index (χ3v) is 3.87. The molecule has 2 aromatic rings. The maximum atomic E-state index is 11.8. The molecule has 0 bridgehead atoms. The van der Waals surface area contributed by atoms with Crippen molar-refractivity contribution in [3.8, 4) is 0 Å². The normalized spacial score (nSPS) is 13.4. The van der Waals surface area contributed by atoms with Gasteiger partial charge in [-0.05, 0) is 42.8 Å². The summed E-state index contributed by atoms with van der Waals surface area (Å²) < 4.78 is 0. The number of nitrogens with zero attached hydrogens (tertiary/aromatic N) is 3. The van der Waals surface area contributed by atoms with Crippen LogP contribution in [0.25, 0.3) is 0 Å². The first-order valence-electron chi connectivity index (χ1n) is 8.86. The lowest BCUT2D eigenvalue weighted by atomic mass is 10.2. The van der Waals surface area contributed by atoms with E-state index < -0.39 is 5.91 Å². The minimum atomic E-state index is -0.638. The van der Waals surface area contributed by atoms with E-state index in [9.17, 15) is 4.79 Å². The number of aromatic nitrogens is 2. The molecule has 0 atom stereocenters. The van der Waals surface area contributed by atoms with Crippen LogP contribution in [0.3, 0.4) is 0 Å². The second kappa shape index (κ2) is 9.14. The third kappa shape index (κ3) is 5.39. The molecular formula is C21H21N7O. The topological polar surface area (TPSA) is 131 Å². The molecule has 1 aromatic heterocycles. The molecule has 1 heterocycles. The summed E-state index contributed by atoms with van der Waals surface area (Å²) in [7, 11) is 0. The van der Waals surface area contributed by atoms with Gasteiger partial charge in [-0.1, -0.05) is 30.9 Å². The van der Waals surface area contributed by atoms with Gasteiger partial charge in [-0.25, -0.2) is 9.98 Å². The molecule has 29 heavy (non-hydrogen) atoms. The van der Waals surface area contributed by atoms with Crippen molar-refractivity contribution < 1.29 is 4.79 Å². The van der Waals surface area contributed by atoms with Gasteiger partial charge < -0.3 is 22.1 Å². The molecule has 0 fully saturated rings. The van der Waals surface area contributed by atoms with Crippen LogP contribution in [0.2, 0.25) is 0 Å². The fourth-order valence-corrected chi connectivity index (χ4v) is 2.49. The predicted octanol–water partition coefficient (Wildman–Crippen LogP) is 3.31. The number of carbonyl (C=O) groups is 1. The number of rotatable bonds is 7. The first kappa shape index (κ1) is 19.6. The molecule has 8 nitrogen and oxygen atoms in total. The Hall–Kier alpha value is -4.20. The smallest absolute Gasteiger partial charge is 0.254 e. The number of carbonyl (C=O) groups excluding carboxylic acids is 1. The highest BCUT2D eigenvalue weighted by atomic mass is 16.1. The van der Waals surface area contributed by atoms with Crippen molar-refractivity contribution in [1.82, 2.24) is 9.97 Å². The summed E-state index contributed by atoms with van der Waals surface area (Å²) in [5, 5.41) is 6.21. The lowest BCUT2D eigenvalue weighted by molar-refractivity contribution is 0.100. The van der Waals surface area contributed by atoms with Crippen LogP contribution in [0.15, 0.2) is 84.2 Å². The lowest BCUT2D eigenvalue weighted by Gasteiger charge is -2.12. The second-order valence-electron chi connectivity index (χ2n) is 6.05. The Bertz CT molecular complexity index is 1050. The molecule has 1 aromatic carbocycles. The van der Waals surface area contributed by atoms with Crippen LogP contribution in [-0.2, 0) is 0 Å². The fourth-order valence-electron chi connectivity index (χ4n) is 2.49. The van der Waals surface area contributed by atoms with Gasteiger partial charge in [0.25, 0.3) is 5.91 Å². The van der Waals surface area contributed by atoms with E-state index in [1.165, 1.54) is 12.3 Å². The van der Waals surface area contributed by atoms with Crippen molar-refractivity contribution in [3.63, 3.8) is 0 Å². The fraction of sp³-hybridized carbons (Fsp3) is 0.0476. The molecule has 0 aliphatic heterocycles. The number of nitrogens with two attached hydrogens (primary N) is 2. The molecule has 6 N–H and O–H groups in total. The summed E-state index contributed by atoms with van der Waals surface area (Å²) in [6.07, 6.45) is 13.5. The van der Waals surface area contributed by atoms with E-state index >= 15 is 0 Å². The standard InChI is InChI=1S/C21H21N7O/c1-2-18(22)25-15-10-7-11-16(12-15)26-20-17(19(23)29)13-24-21(28-20)27-14-8-5-3-4-6-9-14/h2-3,5-13H,1,4H2,(H2,22,25)(H2,23,29)(H2,24,26,27,28). The number of benzene rings is 1. The van der Waals surface area contributed by atoms with E-state index in [1.54, 1.807) is 18.2 Å². The van der Waals surface area contributed by atoms with Crippen LogP contribution in [0.5, 0.6) is 0 Å². The van der Waals surface area contributed by atoms with Crippen molar-refractivity contribution in [3.05, 3.63) is 84.8 Å². The highest BCUT2D eigenvalue weighted by molar-refractivity contribution is 5.98. The number of amidine groups is 1. The van der Waals surface area contributed by atoms with Gasteiger partial charge in [0, 0.05) is 17.6 Å². The van der Waals surface area contributed by atoms with Gasteiger partial charge in [0.05, 0.1) is 5.69 Å². The Morgan fingerprint density at radius 2 is 2.10 bits per heavy atom. The molecule has 8 heteroatoms. The van der Waals surface area contributed by atoms with E-state index in [0.29, 0.717) is 23.2 Å². The van der Waals surface area contributed by atoms with Crippen LogP contribution >= 0.6 is 0 Å². The summed E-state index contributed by atoms with van der Waals surface area (Å²) in [5.41, 5.74) is 13.5.